The Hall–Kier alpha value is -0.850. The molecule has 1 atom stereocenters. The minimum absolute atomic E-state index is 0.0121. The van der Waals surface area contributed by atoms with E-state index in [4.69, 9.17) is 16.7 Å². The van der Waals surface area contributed by atoms with Crippen LogP contribution in [0.5, 0.6) is 0 Å². The molecule has 1 aromatic rings. The lowest BCUT2D eigenvalue weighted by atomic mass is 10.1. The van der Waals surface area contributed by atoms with Crippen molar-refractivity contribution in [3.63, 3.8) is 0 Å². The third kappa shape index (κ3) is 3.55. The van der Waals surface area contributed by atoms with Gasteiger partial charge in [-0.05, 0) is 0 Å². The van der Waals surface area contributed by atoms with Crippen LogP contribution in [0.25, 0.3) is 0 Å². The third-order valence-electron chi connectivity index (χ3n) is 2.35. The molecule has 2 N–H and O–H groups in total. The summed E-state index contributed by atoms with van der Waals surface area (Å²) in [6.45, 7) is 2.28. The molecule has 7 heteroatoms. The average molecular weight is 278 g/mol. The van der Waals surface area contributed by atoms with Crippen molar-refractivity contribution in [1.29, 1.82) is 0 Å². The summed E-state index contributed by atoms with van der Waals surface area (Å²) in [4.78, 5) is 18.0. The Morgan fingerprint density at radius 2 is 2.35 bits per heavy atom. The van der Waals surface area contributed by atoms with Crippen LogP contribution in [-0.4, -0.2) is 36.6 Å². The fourth-order valence-electron chi connectivity index (χ4n) is 1.40. The molecule has 0 bridgehead atoms. The third-order valence-corrected chi connectivity index (χ3v) is 3.93. The van der Waals surface area contributed by atoms with E-state index >= 15 is 0 Å². The highest BCUT2D eigenvalue weighted by atomic mass is 35.5. The van der Waals surface area contributed by atoms with Crippen LogP contribution >= 0.6 is 22.9 Å². The number of carbonyl (C=O) groups excluding carboxylic acids is 1. The Labute approximate surface area is 109 Å². The molecule has 1 heterocycles. The summed E-state index contributed by atoms with van der Waals surface area (Å²) in [5.41, 5.74) is 0. The average Bonchev–Trinajstić information content (AvgIpc) is 2.69. The smallest absolute Gasteiger partial charge is 0.224 e. The van der Waals surface area contributed by atoms with Crippen molar-refractivity contribution < 1.29 is 9.90 Å². The maximum atomic E-state index is 11.4. The summed E-state index contributed by atoms with van der Waals surface area (Å²) < 4.78 is 0. The van der Waals surface area contributed by atoms with Crippen LogP contribution in [0.2, 0.25) is 5.15 Å². The van der Waals surface area contributed by atoms with Gasteiger partial charge in [-0.3, -0.25) is 4.79 Å². The van der Waals surface area contributed by atoms with Crippen LogP contribution in [0.3, 0.4) is 0 Å². The Kier molecular flexibility index (Phi) is 5.17. The molecule has 1 unspecified atom stereocenters. The van der Waals surface area contributed by atoms with Gasteiger partial charge in [-0.25, -0.2) is 4.98 Å². The van der Waals surface area contributed by atoms with E-state index in [-0.39, 0.29) is 18.4 Å². The molecule has 0 radical (unpaired) electrons. The number of hydrogen-bond acceptors (Lipinski definition) is 5. The maximum Gasteiger partial charge on any atom is 0.224 e. The second kappa shape index (κ2) is 6.18. The number of thiazole rings is 1. The zero-order valence-electron chi connectivity index (χ0n) is 10.0. The number of rotatable bonds is 5. The molecule has 0 aromatic carbocycles. The van der Waals surface area contributed by atoms with Gasteiger partial charge >= 0.3 is 0 Å². The van der Waals surface area contributed by atoms with Gasteiger partial charge in [-0.1, -0.05) is 29.9 Å². The number of aromatic nitrogens is 1. The van der Waals surface area contributed by atoms with E-state index in [1.165, 1.54) is 11.3 Å². The summed E-state index contributed by atoms with van der Waals surface area (Å²) in [6, 6.07) is 0. The quantitative estimate of drug-likeness (QED) is 0.846. The summed E-state index contributed by atoms with van der Waals surface area (Å²) in [5.74, 6) is -0.146. The standard InChI is InChI=1S/C10H16ClN3O2S/c1-6(9(16)12-2)4-14(3)10-13-8(11)7(5-15)17-10/h6,15H,4-5H2,1-3H3,(H,12,16). The van der Waals surface area contributed by atoms with E-state index in [1.54, 1.807) is 7.05 Å². The number of amides is 1. The summed E-state index contributed by atoms with van der Waals surface area (Å²) in [6.07, 6.45) is 0. The molecule has 0 aliphatic rings. The van der Waals surface area contributed by atoms with Gasteiger partial charge in [0.1, 0.15) is 5.15 Å². The highest BCUT2D eigenvalue weighted by molar-refractivity contribution is 7.16. The van der Waals surface area contributed by atoms with Crippen molar-refractivity contribution in [2.45, 2.75) is 13.5 Å². The fraction of sp³-hybridized carbons (Fsp3) is 0.600. The van der Waals surface area contributed by atoms with E-state index in [1.807, 2.05) is 18.9 Å². The number of aliphatic hydroxyl groups excluding tert-OH is 1. The van der Waals surface area contributed by atoms with E-state index < -0.39 is 0 Å². The molecule has 0 fully saturated rings. The first-order valence-electron chi connectivity index (χ1n) is 5.18. The normalized spacial score (nSPS) is 12.3. The van der Waals surface area contributed by atoms with Crippen molar-refractivity contribution in [2.24, 2.45) is 5.92 Å². The predicted octanol–water partition coefficient (Wildman–Crippen LogP) is 1.11. The lowest BCUT2D eigenvalue weighted by Crippen LogP contribution is -2.34. The highest BCUT2D eigenvalue weighted by Gasteiger charge is 2.17. The van der Waals surface area contributed by atoms with Crippen molar-refractivity contribution in [3.8, 4) is 0 Å². The molecule has 0 saturated heterocycles. The Morgan fingerprint density at radius 1 is 1.71 bits per heavy atom. The zero-order valence-corrected chi connectivity index (χ0v) is 11.6. The van der Waals surface area contributed by atoms with Gasteiger partial charge in [-0.15, -0.1) is 0 Å². The number of halogens is 1. The van der Waals surface area contributed by atoms with Crippen LogP contribution < -0.4 is 10.2 Å². The van der Waals surface area contributed by atoms with Gasteiger partial charge in [0.05, 0.1) is 17.4 Å². The summed E-state index contributed by atoms with van der Waals surface area (Å²) in [5, 5.41) is 12.7. The van der Waals surface area contributed by atoms with Crippen molar-refractivity contribution >= 4 is 34.0 Å². The van der Waals surface area contributed by atoms with Gasteiger partial charge < -0.3 is 15.3 Å². The van der Waals surface area contributed by atoms with E-state index in [0.717, 1.165) is 0 Å². The summed E-state index contributed by atoms with van der Waals surface area (Å²) in [7, 11) is 3.46. The number of nitrogens with zero attached hydrogens (tertiary/aromatic N) is 2. The summed E-state index contributed by atoms with van der Waals surface area (Å²) >= 11 is 7.18. The number of nitrogens with one attached hydrogen (secondary N) is 1. The molecule has 0 aliphatic carbocycles. The first-order chi connectivity index (χ1) is 7.99. The molecule has 0 saturated carbocycles. The Morgan fingerprint density at radius 3 is 2.82 bits per heavy atom. The SMILES string of the molecule is CNC(=O)C(C)CN(C)c1nc(Cl)c(CO)s1. The minimum Gasteiger partial charge on any atom is -0.391 e. The first-order valence-corrected chi connectivity index (χ1v) is 6.37. The van der Waals surface area contributed by atoms with Crippen molar-refractivity contribution in [1.82, 2.24) is 10.3 Å². The zero-order chi connectivity index (χ0) is 13.0. The molecule has 1 aromatic heterocycles. The van der Waals surface area contributed by atoms with Gasteiger partial charge in [-0.2, -0.15) is 0 Å². The molecular formula is C10H16ClN3O2S. The lowest BCUT2D eigenvalue weighted by Gasteiger charge is -2.19. The number of aliphatic hydroxyl groups is 1. The van der Waals surface area contributed by atoms with Crippen LogP contribution in [0.1, 0.15) is 11.8 Å². The van der Waals surface area contributed by atoms with Crippen LogP contribution in [0.4, 0.5) is 5.13 Å². The van der Waals surface area contributed by atoms with Crippen LogP contribution in [0.15, 0.2) is 0 Å². The van der Waals surface area contributed by atoms with Crippen molar-refractivity contribution in [2.75, 3.05) is 25.5 Å². The molecule has 0 aliphatic heterocycles. The van der Waals surface area contributed by atoms with Crippen molar-refractivity contribution in [3.05, 3.63) is 10.0 Å². The van der Waals surface area contributed by atoms with Gasteiger partial charge in [0, 0.05) is 20.6 Å². The molecule has 5 nitrogen and oxygen atoms in total. The van der Waals surface area contributed by atoms with E-state index in [0.29, 0.717) is 21.7 Å². The van der Waals surface area contributed by atoms with E-state index in [9.17, 15) is 4.79 Å². The number of carbonyl (C=O) groups is 1. The fourth-order valence-corrected chi connectivity index (χ4v) is 2.49. The maximum absolute atomic E-state index is 11.4. The van der Waals surface area contributed by atoms with Gasteiger partial charge in [0.15, 0.2) is 5.13 Å². The molecule has 0 spiro atoms. The second-order valence-corrected chi connectivity index (χ2v) is 5.18. The van der Waals surface area contributed by atoms with Crippen LogP contribution in [0, 0.1) is 5.92 Å². The topological polar surface area (TPSA) is 65.5 Å². The Balaban J connectivity index is 2.69. The predicted molar refractivity (Wildman–Crippen MR) is 69.5 cm³/mol. The van der Waals surface area contributed by atoms with E-state index in [2.05, 4.69) is 10.3 Å². The van der Waals surface area contributed by atoms with Gasteiger partial charge in [0.25, 0.3) is 0 Å². The van der Waals surface area contributed by atoms with Crippen LogP contribution in [-0.2, 0) is 11.4 Å². The molecule has 17 heavy (non-hydrogen) atoms. The molecule has 96 valence electrons. The first kappa shape index (κ1) is 14.2. The second-order valence-electron chi connectivity index (χ2n) is 3.76. The lowest BCUT2D eigenvalue weighted by molar-refractivity contribution is -0.123. The Bertz CT molecular complexity index is 397. The van der Waals surface area contributed by atoms with Gasteiger partial charge in [0.2, 0.25) is 5.91 Å². The monoisotopic (exact) mass is 277 g/mol. The molecule has 1 amide bonds. The molecular weight excluding hydrogens is 262 g/mol. The number of anilines is 1. The number of hydrogen-bond donors (Lipinski definition) is 2. The minimum atomic E-state index is -0.134. The molecule has 1 rings (SSSR count). The largest absolute Gasteiger partial charge is 0.391 e. The highest BCUT2D eigenvalue weighted by Crippen LogP contribution is 2.29.